The first kappa shape index (κ1) is 35.8. The van der Waals surface area contributed by atoms with Crippen molar-refractivity contribution in [2.45, 2.75) is 0 Å². The fourth-order valence-electron chi connectivity index (χ4n) is 4.40. The van der Waals surface area contributed by atoms with E-state index in [1.54, 1.807) is 29.4 Å². The van der Waals surface area contributed by atoms with Gasteiger partial charge in [-0.2, -0.15) is 0 Å². The Morgan fingerprint density at radius 1 is 0.390 bits per heavy atom. The van der Waals surface area contributed by atoms with E-state index in [0.29, 0.717) is 19.4 Å². The minimum atomic E-state index is -1.11. The van der Waals surface area contributed by atoms with E-state index in [4.69, 9.17) is 0 Å². The quantitative estimate of drug-likeness (QED) is 0.139. The van der Waals surface area contributed by atoms with Crippen LogP contribution in [0.25, 0.3) is 0 Å². The van der Waals surface area contributed by atoms with Crippen LogP contribution in [0.1, 0.15) is 0 Å². The number of hydrogen-bond donors (Lipinski definition) is 5. The third kappa shape index (κ3) is 18.0. The smallest absolute Gasteiger partial charge is 0.317 e. The normalized spacial score (nSPS) is 19.6. The molecule has 0 aromatic carbocycles. The summed E-state index contributed by atoms with van der Waals surface area (Å²) in [7, 11) is 0. The minimum Gasteiger partial charge on any atom is -0.480 e. The van der Waals surface area contributed by atoms with Gasteiger partial charge in [-0.05, 0) is 0 Å². The summed E-state index contributed by atoms with van der Waals surface area (Å²) >= 11 is 0. The van der Waals surface area contributed by atoms with E-state index in [2.05, 4.69) is 0 Å². The zero-order valence-electron chi connectivity index (χ0n) is 23.2. The number of rotatable bonds is 12. The van der Waals surface area contributed by atoms with E-state index in [9.17, 15) is 54.3 Å². The van der Waals surface area contributed by atoms with Gasteiger partial charge in [0.2, 0.25) is 0 Å². The number of hydrogen-bond acceptors (Lipinski definition) is 12. The lowest BCUT2D eigenvalue weighted by Crippen LogP contribution is -2.48. The van der Waals surface area contributed by atoms with Crippen LogP contribution in [0.3, 0.4) is 0 Å². The van der Waals surface area contributed by atoms with Gasteiger partial charge >= 0.3 is 29.8 Å². The van der Waals surface area contributed by atoms with Crippen molar-refractivity contribution in [2.75, 3.05) is 118 Å². The molecular formula is C24H42N6O11. The number of carboxylic acid groups (broad SMARTS) is 5. The Balaban J connectivity index is 3.23. The first-order valence-electron chi connectivity index (χ1n) is 13.2. The van der Waals surface area contributed by atoms with Crippen molar-refractivity contribution in [1.29, 1.82) is 0 Å². The number of carbonyl (C=O) groups is 6. The molecule has 0 unspecified atom stereocenters. The molecule has 0 aromatic heterocycles. The Hall–Kier alpha value is -3.22. The molecule has 1 aliphatic heterocycles. The van der Waals surface area contributed by atoms with Crippen LogP contribution in [-0.2, 0) is 28.8 Å². The number of nitrogens with zero attached hydrogens (tertiary/aromatic N) is 6. The van der Waals surface area contributed by atoms with Crippen LogP contribution >= 0.6 is 0 Å². The molecule has 234 valence electrons. The topological polar surface area (TPSA) is 223 Å². The summed E-state index contributed by atoms with van der Waals surface area (Å²) in [6, 6.07) is 0. The second-order valence-electron chi connectivity index (χ2n) is 9.82. The molecule has 1 saturated heterocycles. The lowest BCUT2D eigenvalue weighted by molar-refractivity contribution is -0.141. The fourth-order valence-corrected chi connectivity index (χ4v) is 4.40. The summed E-state index contributed by atoms with van der Waals surface area (Å²) in [5, 5.41) is 46.9. The van der Waals surface area contributed by atoms with Crippen molar-refractivity contribution in [3.8, 4) is 0 Å². The molecule has 41 heavy (non-hydrogen) atoms. The molecule has 0 spiro atoms. The lowest BCUT2D eigenvalue weighted by Gasteiger charge is -2.32. The summed E-state index contributed by atoms with van der Waals surface area (Å²) < 4.78 is 0. The molecule has 0 radical (unpaired) electrons. The number of aldehydes is 1. The zero-order valence-corrected chi connectivity index (χ0v) is 23.2. The maximum Gasteiger partial charge on any atom is 0.317 e. The average molecular weight is 591 g/mol. The second kappa shape index (κ2) is 19.8. The Kier molecular flexibility index (Phi) is 17.3. The van der Waals surface area contributed by atoms with E-state index >= 15 is 0 Å². The predicted octanol–water partition coefficient (Wildman–Crippen LogP) is -3.57. The third-order valence-electron chi connectivity index (χ3n) is 6.52. The highest BCUT2D eigenvalue weighted by Crippen LogP contribution is 2.02. The molecule has 0 atom stereocenters. The van der Waals surface area contributed by atoms with Gasteiger partial charge in [-0.25, -0.2) is 0 Å². The maximum atomic E-state index is 11.5. The molecule has 0 bridgehead atoms. The van der Waals surface area contributed by atoms with Gasteiger partial charge in [0.15, 0.2) is 0 Å². The average Bonchev–Trinajstić information content (AvgIpc) is 2.85. The van der Waals surface area contributed by atoms with Gasteiger partial charge in [0, 0.05) is 78.5 Å². The van der Waals surface area contributed by atoms with Gasteiger partial charge in [-0.1, -0.05) is 0 Å². The van der Waals surface area contributed by atoms with Crippen LogP contribution in [0.15, 0.2) is 0 Å². The van der Waals surface area contributed by atoms with E-state index < -0.39 is 29.8 Å². The lowest BCUT2D eigenvalue weighted by atomic mass is 10.3. The number of carboxylic acids is 5. The summed E-state index contributed by atoms with van der Waals surface area (Å²) in [6.07, 6.45) is 0.696. The van der Waals surface area contributed by atoms with Crippen molar-refractivity contribution in [3.63, 3.8) is 0 Å². The molecule has 0 aliphatic carbocycles. The summed E-state index contributed by atoms with van der Waals surface area (Å²) in [4.78, 5) is 78.3. The minimum absolute atomic E-state index is 0.0392. The van der Waals surface area contributed by atoms with Crippen molar-refractivity contribution in [3.05, 3.63) is 0 Å². The Morgan fingerprint density at radius 3 is 0.707 bits per heavy atom. The van der Waals surface area contributed by atoms with E-state index in [1.165, 1.54) is 0 Å². The van der Waals surface area contributed by atoms with Crippen LogP contribution in [0.2, 0.25) is 0 Å². The van der Waals surface area contributed by atoms with Crippen LogP contribution < -0.4 is 0 Å². The standard InChI is InChI=1S/C24H42N6O11/c31-14-13-25-1-3-26(15-20(32)33)5-7-28(17-22(36)37)9-11-30(19-24(40)41)12-10-29(18-23(38)39)8-6-27(4-2-25)16-21(34)35/h14H,1-13,15-19H2,(H,32,33)(H,34,35)(H,36,37)(H,38,39)(H,40,41). The first-order chi connectivity index (χ1) is 19.4. The second-order valence-corrected chi connectivity index (χ2v) is 9.82. The summed E-state index contributed by atoms with van der Waals surface area (Å²) in [5.74, 6) is -5.47. The number of carbonyl (C=O) groups excluding carboxylic acids is 1. The SMILES string of the molecule is O=CCN1CCN(CC(=O)O)CCN(CC(=O)O)CCN(CC(=O)O)CCN(CC(=O)O)CCN(CC(=O)O)CC1. The molecule has 0 saturated carbocycles. The molecule has 1 heterocycles. The summed E-state index contributed by atoms with van der Waals surface area (Å²) in [6.45, 7) is 0.892. The molecule has 17 nitrogen and oxygen atoms in total. The Bertz CT molecular complexity index is 821. The monoisotopic (exact) mass is 590 g/mol. The molecule has 1 aliphatic rings. The molecule has 5 N–H and O–H groups in total. The van der Waals surface area contributed by atoms with Crippen molar-refractivity contribution in [1.82, 2.24) is 29.4 Å². The molecule has 0 amide bonds. The molecule has 1 rings (SSSR count). The van der Waals surface area contributed by atoms with Crippen molar-refractivity contribution < 1.29 is 54.3 Å². The van der Waals surface area contributed by atoms with Crippen LogP contribution in [0.4, 0.5) is 0 Å². The first-order valence-corrected chi connectivity index (χ1v) is 13.2. The zero-order chi connectivity index (χ0) is 30.8. The van der Waals surface area contributed by atoms with Crippen molar-refractivity contribution in [2.24, 2.45) is 0 Å². The van der Waals surface area contributed by atoms with E-state index in [0.717, 1.165) is 0 Å². The Morgan fingerprint density at radius 2 is 0.561 bits per heavy atom. The van der Waals surface area contributed by atoms with Gasteiger partial charge in [0.1, 0.15) is 6.29 Å². The summed E-state index contributed by atoms with van der Waals surface area (Å²) in [5.41, 5.74) is 0. The number of aliphatic carboxylic acids is 5. The van der Waals surface area contributed by atoms with E-state index in [-0.39, 0.29) is 105 Å². The van der Waals surface area contributed by atoms with Gasteiger partial charge in [-0.15, -0.1) is 0 Å². The maximum absolute atomic E-state index is 11.5. The van der Waals surface area contributed by atoms with Gasteiger partial charge in [-0.3, -0.25) is 53.4 Å². The van der Waals surface area contributed by atoms with Crippen molar-refractivity contribution >= 4 is 36.1 Å². The molecule has 1 fully saturated rings. The highest BCUT2D eigenvalue weighted by atomic mass is 16.4. The van der Waals surface area contributed by atoms with Crippen LogP contribution in [-0.4, -0.2) is 209 Å². The third-order valence-corrected chi connectivity index (χ3v) is 6.52. The molecule has 17 heteroatoms. The van der Waals surface area contributed by atoms with Gasteiger partial charge in [0.25, 0.3) is 0 Å². The van der Waals surface area contributed by atoms with E-state index in [1.807, 2.05) is 0 Å². The largest absolute Gasteiger partial charge is 0.480 e. The van der Waals surface area contributed by atoms with Gasteiger partial charge in [0.05, 0.1) is 39.3 Å². The Labute approximate surface area is 238 Å². The highest BCUT2D eigenvalue weighted by Gasteiger charge is 2.21. The van der Waals surface area contributed by atoms with Crippen LogP contribution in [0, 0.1) is 0 Å². The molecule has 0 aromatic rings. The van der Waals surface area contributed by atoms with Crippen LogP contribution in [0.5, 0.6) is 0 Å². The predicted molar refractivity (Wildman–Crippen MR) is 143 cm³/mol. The molecular weight excluding hydrogens is 548 g/mol. The van der Waals surface area contributed by atoms with Gasteiger partial charge < -0.3 is 30.3 Å². The highest BCUT2D eigenvalue weighted by molar-refractivity contribution is 5.70. The fraction of sp³-hybridized carbons (Fsp3) is 0.750.